The highest BCUT2D eigenvalue weighted by Gasteiger charge is 2.07. The fraction of sp³-hybridized carbons (Fsp3) is 0.462. The van der Waals surface area contributed by atoms with E-state index in [2.05, 4.69) is 20.4 Å². The van der Waals surface area contributed by atoms with Gasteiger partial charge in [0.15, 0.2) is 0 Å². The third kappa shape index (κ3) is 3.06. The highest BCUT2D eigenvalue weighted by Crippen LogP contribution is 2.14. The second-order valence-electron chi connectivity index (χ2n) is 4.35. The van der Waals surface area contributed by atoms with Gasteiger partial charge in [0, 0.05) is 24.0 Å². The number of rotatable bonds is 5. The number of nitrogens with one attached hydrogen (secondary N) is 1. The van der Waals surface area contributed by atoms with Gasteiger partial charge in [-0.2, -0.15) is 0 Å². The largest absolute Gasteiger partial charge is 0.361 e. The molecule has 0 aliphatic heterocycles. The van der Waals surface area contributed by atoms with E-state index in [0.29, 0.717) is 5.95 Å². The van der Waals surface area contributed by atoms with Gasteiger partial charge in [0.25, 0.3) is 0 Å². The van der Waals surface area contributed by atoms with Crippen molar-refractivity contribution in [3.63, 3.8) is 0 Å². The lowest BCUT2D eigenvalue weighted by Gasteiger charge is -2.04. The van der Waals surface area contributed by atoms with Gasteiger partial charge < -0.3 is 9.84 Å². The molecular formula is C13H18N4O. The molecule has 1 N–H and O–H groups in total. The molecular weight excluding hydrogens is 228 g/mol. The predicted octanol–water partition coefficient (Wildman–Crippen LogP) is 2.43. The summed E-state index contributed by atoms with van der Waals surface area (Å²) in [6.07, 6.45) is 3.72. The molecule has 0 atom stereocenters. The van der Waals surface area contributed by atoms with Crippen LogP contribution in [0.3, 0.4) is 0 Å². The number of hydrogen-bond acceptors (Lipinski definition) is 5. The number of nitrogens with zero attached hydrogens (tertiary/aromatic N) is 3. The highest BCUT2D eigenvalue weighted by molar-refractivity contribution is 5.25. The molecule has 0 radical (unpaired) electrons. The van der Waals surface area contributed by atoms with Crippen LogP contribution in [0.1, 0.15) is 29.1 Å². The van der Waals surface area contributed by atoms with Crippen LogP contribution in [0.2, 0.25) is 0 Å². The average molecular weight is 246 g/mol. The lowest BCUT2D eigenvalue weighted by atomic mass is 10.1. The first-order valence-electron chi connectivity index (χ1n) is 6.12. The maximum atomic E-state index is 5.13. The molecule has 0 saturated carbocycles. The topological polar surface area (TPSA) is 63.8 Å². The van der Waals surface area contributed by atoms with Crippen molar-refractivity contribution in [2.24, 2.45) is 0 Å². The number of aryl methyl sites for hydroxylation is 3. The maximum Gasteiger partial charge on any atom is 0.222 e. The molecule has 96 valence electrons. The molecule has 0 aliphatic rings. The molecule has 5 heteroatoms. The van der Waals surface area contributed by atoms with Gasteiger partial charge in [0.2, 0.25) is 5.95 Å². The number of aromatic nitrogens is 3. The Morgan fingerprint density at radius 1 is 1.28 bits per heavy atom. The highest BCUT2D eigenvalue weighted by atomic mass is 16.5. The zero-order valence-electron chi connectivity index (χ0n) is 11.0. The van der Waals surface area contributed by atoms with Crippen molar-refractivity contribution in [1.29, 1.82) is 0 Å². The van der Waals surface area contributed by atoms with Crippen molar-refractivity contribution in [2.75, 3.05) is 11.9 Å². The summed E-state index contributed by atoms with van der Waals surface area (Å²) >= 11 is 0. The second-order valence-corrected chi connectivity index (χ2v) is 4.35. The SMILES string of the molecule is Cc1ccnc(NCCCc2c(C)noc2C)n1. The van der Waals surface area contributed by atoms with Gasteiger partial charge in [0.1, 0.15) is 5.76 Å². The minimum atomic E-state index is 0.689. The second kappa shape index (κ2) is 5.62. The molecule has 0 amide bonds. The molecule has 0 bridgehead atoms. The molecule has 0 unspecified atom stereocenters. The average Bonchev–Trinajstić information content (AvgIpc) is 2.66. The van der Waals surface area contributed by atoms with E-state index >= 15 is 0 Å². The Labute approximate surface area is 107 Å². The summed E-state index contributed by atoms with van der Waals surface area (Å²) in [4.78, 5) is 8.45. The van der Waals surface area contributed by atoms with E-state index in [1.54, 1.807) is 6.20 Å². The molecule has 18 heavy (non-hydrogen) atoms. The summed E-state index contributed by atoms with van der Waals surface area (Å²) < 4.78 is 5.13. The van der Waals surface area contributed by atoms with Crippen molar-refractivity contribution in [3.8, 4) is 0 Å². The quantitative estimate of drug-likeness (QED) is 0.821. The maximum absolute atomic E-state index is 5.13. The minimum absolute atomic E-state index is 0.689. The van der Waals surface area contributed by atoms with Crippen molar-refractivity contribution in [3.05, 3.63) is 35.0 Å². The van der Waals surface area contributed by atoms with E-state index in [0.717, 1.165) is 36.5 Å². The van der Waals surface area contributed by atoms with Gasteiger partial charge in [-0.25, -0.2) is 9.97 Å². The fourth-order valence-corrected chi connectivity index (χ4v) is 1.86. The lowest BCUT2D eigenvalue weighted by molar-refractivity contribution is 0.392. The zero-order chi connectivity index (χ0) is 13.0. The Balaban J connectivity index is 1.80. The Bertz CT molecular complexity index is 502. The van der Waals surface area contributed by atoms with E-state index in [1.807, 2.05) is 26.8 Å². The van der Waals surface area contributed by atoms with Gasteiger partial charge in [0.05, 0.1) is 5.69 Å². The molecule has 2 rings (SSSR count). The van der Waals surface area contributed by atoms with Gasteiger partial charge in [-0.05, 0) is 39.7 Å². The molecule has 0 aliphatic carbocycles. The standard InChI is InChI=1S/C13H18N4O/c1-9-6-8-15-13(16-9)14-7-4-5-12-10(2)17-18-11(12)3/h6,8H,4-5,7H2,1-3H3,(H,14,15,16). The van der Waals surface area contributed by atoms with Crippen LogP contribution in [0.15, 0.2) is 16.8 Å². The molecule has 2 aromatic heterocycles. The first kappa shape index (κ1) is 12.5. The Morgan fingerprint density at radius 3 is 2.78 bits per heavy atom. The van der Waals surface area contributed by atoms with Gasteiger partial charge >= 0.3 is 0 Å². The molecule has 5 nitrogen and oxygen atoms in total. The van der Waals surface area contributed by atoms with E-state index in [9.17, 15) is 0 Å². The first-order chi connectivity index (χ1) is 8.66. The number of anilines is 1. The molecule has 0 aromatic carbocycles. The number of hydrogen-bond donors (Lipinski definition) is 1. The smallest absolute Gasteiger partial charge is 0.222 e. The predicted molar refractivity (Wildman–Crippen MR) is 69.6 cm³/mol. The summed E-state index contributed by atoms with van der Waals surface area (Å²) in [6.45, 7) is 6.72. The molecule has 0 spiro atoms. The zero-order valence-corrected chi connectivity index (χ0v) is 11.0. The third-order valence-corrected chi connectivity index (χ3v) is 2.86. The van der Waals surface area contributed by atoms with Gasteiger partial charge in [-0.3, -0.25) is 0 Å². The molecule has 0 fully saturated rings. The van der Waals surface area contributed by atoms with E-state index in [1.165, 1.54) is 5.56 Å². The Kier molecular flexibility index (Phi) is 3.92. The normalized spacial score (nSPS) is 10.6. The van der Waals surface area contributed by atoms with E-state index < -0.39 is 0 Å². The first-order valence-corrected chi connectivity index (χ1v) is 6.12. The minimum Gasteiger partial charge on any atom is -0.361 e. The Hall–Kier alpha value is -1.91. The monoisotopic (exact) mass is 246 g/mol. The van der Waals surface area contributed by atoms with Crippen molar-refractivity contribution in [1.82, 2.24) is 15.1 Å². The molecule has 2 heterocycles. The summed E-state index contributed by atoms with van der Waals surface area (Å²) in [5.41, 5.74) is 3.17. The van der Waals surface area contributed by atoms with Crippen LogP contribution >= 0.6 is 0 Å². The van der Waals surface area contributed by atoms with Crippen molar-refractivity contribution < 1.29 is 4.52 Å². The van der Waals surface area contributed by atoms with Crippen molar-refractivity contribution in [2.45, 2.75) is 33.6 Å². The molecule has 0 saturated heterocycles. The Morgan fingerprint density at radius 2 is 2.11 bits per heavy atom. The van der Waals surface area contributed by atoms with Crippen LogP contribution in [-0.2, 0) is 6.42 Å². The van der Waals surface area contributed by atoms with Crippen LogP contribution < -0.4 is 5.32 Å². The summed E-state index contributed by atoms with van der Waals surface area (Å²) in [7, 11) is 0. The summed E-state index contributed by atoms with van der Waals surface area (Å²) in [5, 5.41) is 7.16. The lowest BCUT2D eigenvalue weighted by Crippen LogP contribution is -2.07. The molecule has 2 aromatic rings. The van der Waals surface area contributed by atoms with Crippen LogP contribution in [0, 0.1) is 20.8 Å². The van der Waals surface area contributed by atoms with Crippen LogP contribution in [0.5, 0.6) is 0 Å². The van der Waals surface area contributed by atoms with Gasteiger partial charge in [-0.1, -0.05) is 5.16 Å². The van der Waals surface area contributed by atoms with E-state index in [-0.39, 0.29) is 0 Å². The third-order valence-electron chi connectivity index (χ3n) is 2.86. The summed E-state index contributed by atoms with van der Waals surface area (Å²) in [6, 6.07) is 1.88. The fourth-order valence-electron chi connectivity index (χ4n) is 1.86. The van der Waals surface area contributed by atoms with Crippen LogP contribution in [-0.4, -0.2) is 21.7 Å². The van der Waals surface area contributed by atoms with Gasteiger partial charge in [-0.15, -0.1) is 0 Å². The van der Waals surface area contributed by atoms with Crippen molar-refractivity contribution >= 4 is 5.95 Å². The summed E-state index contributed by atoms with van der Waals surface area (Å²) in [5.74, 6) is 1.60. The van der Waals surface area contributed by atoms with Crippen LogP contribution in [0.4, 0.5) is 5.95 Å². The van der Waals surface area contributed by atoms with E-state index in [4.69, 9.17) is 4.52 Å². The van der Waals surface area contributed by atoms with Crippen LogP contribution in [0.25, 0.3) is 0 Å².